The molecule has 1 saturated heterocycles. The zero-order valence-corrected chi connectivity index (χ0v) is 15.8. The molecule has 2 aliphatic rings. The summed E-state index contributed by atoms with van der Waals surface area (Å²) >= 11 is 0. The van der Waals surface area contributed by atoms with Gasteiger partial charge in [0.1, 0.15) is 18.3 Å². The number of nitrogens with one attached hydrogen (secondary N) is 1. The SMILES string of the molecule is CC(=O)NCC1CN(c2ccc(N3C=NN(CC(C)O)CC3)c(F)c2)C(=O)O1. The van der Waals surface area contributed by atoms with Gasteiger partial charge in [-0.2, -0.15) is 5.10 Å². The number of aliphatic hydroxyl groups excluding tert-OH is 1. The van der Waals surface area contributed by atoms with Crippen molar-refractivity contribution in [2.24, 2.45) is 5.10 Å². The molecule has 10 heteroatoms. The van der Waals surface area contributed by atoms with E-state index in [1.165, 1.54) is 24.2 Å². The first-order valence-corrected chi connectivity index (χ1v) is 9.09. The number of hydrogen-bond donors (Lipinski definition) is 2. The Balaban J connectivity index is 1.66. The van der Waals surface area contributed by atoms with Gasteiger partial charge in [0.2, 0.25) is 5.91 Å². The van der Waals surface area contributed by atoms with Gasteiger partial charge < -0.3 is 20.1 Å². The Hall–Kier alpha value is -2.88. The quantitative estimate of drug-likeness (QED) is 0.740. The number of hydrazone groups is 1. The zero-order chi connectivity index (χ0) is 20.3. The van der Waals surface area contributed by atoms with E-state index >= 15 is 0 Å². The van der Waals surface area contributed by atoms with Gasteiger partial charge in [0.15, 0.2) is 0 Å². The predicted octanol–water partition coefficient (Wildman–Crippen LogP) is 0.733. The minimum atomic E-state index is -0.573. The molecule has 0 aliphatic carbocycles. The summed E-state index contributed by atoms with van der Waals surface area (Å²) in [5.74, 6) is -0.689. The number of nitrogens with zero attached hydrogens (tertiary/aromatic N) is 4. The van der Waals surface area contributed by atoms with Gasteiger partial charge in [-0.05, 0) is 25.1 Å². The molecule has 1 aromatic rings. The van der Waals surface area contributed by atoms with Crippen molar-refractivity contribution in [2.75, 3.05) is 42.5 Å². The monoisotopic (exact) mass is 393 g/mol. The summed E-state index contributed by atoms with van der Waals surface area (Å²) in [4.78, 5) is 26.1. The van der Waals surface area contributed by atoms with E-state index in [1.54, 1.807) is 29.0 Å². The number of amides is 2. The lowest BCUT2D eigenvalue weighted by Gasteiger charge is -2.31. The third-order valence-electron chi connectivity index (χ3n) is 4.43. The lowest BCUT2D eigenvalue weighted by molar-refractivity contribution is -0.119. The highest BCUT2D eigenvalue weighted by Gasteiger charge is 2.33. The second-order valence-corrected chi connectivity index (χ2v) is 6.88. The fourth-order valence-corrected chi connectivity index (χ4v) is 3.09. The second kappa shape index (κ2) is 8.42. The van der Waals surface area contributed by atoms with Gasteiger partial charge in [0.25, 0.3) is 0 Å². The van der Waals surface area contributed by atoms with Crippen LogP contribution in [0.15, 0.2) is 23.3 Å². The van der Waals surface area contributed by atoms with Crippen molar-refractivity contribution < 1.29 is 23.8 Å². The highest BCUT2D eigenvalue weighted by Crippen LogP contribution is 2.28. The standard InChI is InChI=1S/C18H24FN5O4/c1-12(25)9-23-6-5-22(11-21-23)17-4-3-14(7-16(17)19)24-10-15(28-18(24)27)8-20-13(2)26/h3-4,7,11-12,15,25H,5-6,8-10H2,1-2H3,(H,20,26). The third-order valence-corrected chi connectivity index (χ3v) is 4.43. The first kappa shape index (κ1) is 19.9. The van der Waals surface area contributed by atoms with Crippen molar-refractivity contribution >= 4 is 29.7 Å². The van der Waals surface area contributed by atoms with Crippen molar-refractivity contribution in [3.05, 3.63) is 24.0 Å². The molecule has 0 aromatic heterocycles. The highest BCUT2D eigenvalue weighted by molar-refractivity contribution is 5.90. The normalized spacial score (nSPS) is 20.4. The summed E-state index contributed by atoms with van der Waals surface area (Å²) in [6.45, 7) is 5.02. The van der Waals surface area contributed by atoms with Crippen molar-refractivity contribution in [1.82, 2.24) is 10.3 Å². The molecule has 0 spiro atoms. The number of anilines is 2. The Morgan fingerprint density at radius 2 is 2.25 bits per heavy atom. The van der Waals surface area contributed by atoms with Crippen LogP contribution in [-0.2, 0) is 9.53 Å². The number of benzene rings is 1. The number of carbonyl (C=O) groups excluding carboxylic acids is 2. The van der Waals surface area contributed by atoms with E-state index in [0.717, 1.165) is 0 Å². The molecule has 1 fully saturated rings. The summed E-state index contributed by atoms with van der Waals surface area (Å²) in [5.41, 5.74) is 0.743. The van der Waals surface area contributed by atoms with Crippen LogP contribution in [0.1, 0.15) is 13.8 Å². The highest BCUT2D eigenvalue weighted by atomic mass is 19.1. The van der Waals surface area contributed by atoms with E-state index in [0.29, 0.717) is 31.0 Å². The Morgan fingerprint density at radius 1 is 1.46 bits per heavy atom. The summed E-state index contributed by atoms with van der Waals surface area (Å²) < 4.78 is 19.9. The number of carbonyl (C=O) groups is 2. The molecule has 1 aromatic carbocycles. The number of cyclic esters (lactones) is 1. The van der Waals surface area contributed by atoms with E-state index in [4.69, 9.17) is 4.74 Å². The number of hydrogen-bond acceptors (Lipinski definition) is 7. The Bertz CT molecular complexity index is 772. The molecule has 3 rings (SSSR count). The van der Waals surface area contributed by atoms with Crippen LogP contribution in [0.2, 0.25) is 0 Å². The summed E-state index contributed by atoms with van der Waals surface area (Å²) in [7, 11) is 0. The molecule has 2 N–H and O–H groups in total. The molecule has 2 unspecified atom stereocenters. The number of ether oxygens (including phenoxy) is 1. The van der Waals surface area contributed by atoms with Crippen molar-refractivity contribution in [3.63, 3.8) is 0 Å². The van der Waals surface area contributed by atoms with Crippen LogP contribution in [0.5, 0.6) is 0 Å². The molecular formula is C18H24FN5O4. The number of β-amino-alcohol motifs (C(OH)–C–C–N with tert-alkyl or cyclic N) is 1. The van der Waals surface area contributed by atoms with Crippen LogP contribution < -0.4 is 15.1 Å². The van der Waals surface area contributed by atoms with E-state index in [9.17, 15) is 19.1 Å². The number of rotatable bonds is 6. The van der Waals surface area contributed by atoms with Crippen LogP contribution in [0.4, 0.5) is 20.6 Å². The van der Waals surface area contributed by atoms with Gasteiger partial charge in [-0.1, -0.05) is 0 Å². The van der Waals surface area contributed by atoms with E-state index in [1.807, 2.05) is 0 Å². The molecule has 28 heavy (non-hydrogen) atoms. The Morgan fingerprint density at radius 3 is 2.86 bits per heavy atom. The fraction of sp³-hybridized carbons (Fsp3) is 0.500. The van der Waals surface area contributed by atoms with Crippen LogP contribution in [0, 0.1) is 5.82 Å². The molecule has 9 nitrogen and oxygen atoms in total. The Kier molecular flexibility index (Phi) is 5.98. The van der Waals surface area contributed by atoms with Gasteiger partial charge in [0, 0.05) is 13.5 Å². The van der Waals surface area contributed by atoms with Gasteiger partial charge in [-0.25, -0.2) is 9.18 Å². The third kappa shape index (κ3) is 4.69. The van der Waals surface area contributed by atoms with Crippen molar-refractivity contribution in [3.8, 4) is 0 Å². The minimum absolute atomic E-state index is 0.208. The van der Waals surface area contributed by atoms with E-state index in [-0.39, 0.29) is 19.0 Å². The largest absolute Gasteiger partial charge is 0.442 e. The maximum absolute atomic E-state index is 14.7. The summed E-state index contributed by atoms with van der Waals surface area (Å²) in [6, 6.07) is 4.53. The lowest BCUT2D eigenvalue weighted by atomic mass is 10.2. The maximum atomic E-state index is 14.7. The van der Waals surface area contributed by atoms with Crippen molar-refractivity contribution in [1.29, 1.82) is 0 Å². The minimum Gasteiger partial charge on any atom is -0.442 e. The molecular weight excluding hydrogens is 369 g/mol. The molecule has 2 amide bonds. The number of aliphatic hydroxyl groups is 1. The second-order valence-electron chi connectivity index (χ2n) is 6.88. The summed E-state index contributed by atoms with van der Waals surface area (Å²) in [6.07, 6.45) is -0.0177. The molecule has 0 bridgehead atoms. The molecule has 0 saturated carbocycles. The van der Waals surface area contributed by atoms with Gasteiger partial charge >= 0.3 is 6.09 Å². The van der Waals surface area contributed by atoms with Gasteiger partial charge in [-0.15, -0.1) is 0 Å². The van der Waals surface area contributed by atoms with Gasteiger partial charge in [0.05, 0.1) is 43.7 Å². The van der Waals surface area contributed by atoms with Crippen LogP contribution in [0.25, 0.3) is 0 Å². The molecule has 0 radical (unpaired) electrons. The topological polar surface area (TPSA) is 97.7 Å². The molecule has 2 aliphatic heterocycles. The Labute approximate surface area is 162 Å². The maximum Gasteiger partial charge on any atom is 0.414 e. The zero-order valence-electron chi connectivity index (χ0n) is 15.8. The fourth-order valence-electron chi connectivity index (χ4n) is 3.09. The smallest absolute Gasteiger partial charge is 0.414 e. The van der Waals surface area contributed by atoms with Gasteiger partial charge in [-0.3, -0.25) is 14.7 Å². The molecule has 152 valence electrons. The first-order valence-electron chi connectivity index (χ1n) is 9.09. The van der Waals surface area contributed by atoms with Crippen molar-refractivity contribution in [2.45, 2.75) is 26.1 Å². The first-order chi connectivity index (χ1) is 13.3. The van der Waals surface area contributed by atoms with Crippen LogP contribution in [0.3, 0.4) is 0 Å². The van der Waals surface area contributed by atoms with E-state index in [2.05, 4.69) is 10.4 Å². The number of halogens is 1. The molecule has 2 heterocycles. The lowest BCUT2D eigenvalue weighted by Crippen LogP contribution is -2.40. The average Bonchev–Trinajstić information content (AvgIpc) is 3.01. The predicted molar refractivity (Wildman–Crippen MR) is 102 cm³/mol. The van der Waals surface area contributed by atoms with Crippen LogP contribution >= 0.6 is 0 Å². The average molecular weight is 393 g/mol. The van der Waals surface area contributed by atoms with Crippen LogP contribution in [-0.4, -0.2) is 73.4 Å². The summed E-state index contributed by atoms with van der Waals surface area (Å²) in [5, 5.41) is 18.0. The molecule has 2 atom stereocenters. The van der Waals surface area contributed by atoms with E-state index < -0.39 is 24.1 Å².